The molecular formula is C8H16INO2S. The molecule has 0 spiro atoms. The van der Waals surface area contributed by atoms with Crippen molar-refractivity contribution in [2.24, 2.45) is 5.92 Å². The summed E-state index contributed by atoms with van der Waals surface area (Å²) < 4.78 is 23.9. The number of nitrogens with zero attached hydrogens (tertiary/aromatic N) is 1. The summed E-state index contributed by atoms with van der Waals surface area (Å²) in [5, 5.41) is 0. The Balaban J connectivity index is 2.39. The Labute approximate surface area is 92.5 Å². The van der Waals surface area contributed by atoms with E-state index in [0.717, 1.165) is 31.8 Å². The summed E-state index contributed by atoms with van der Waals surface area (Å²) in [6.07, 6.45) is 4.53. The summed E-state index contributed by atoms with van der Waals surface area (Å²) in [6, 6.07) is 0. The fourth-order valence-corrected chi connectivity index (χ4v) is 3.65. The van der Waals surface area contributed by atoms with Crippen molar-refractivity contribution in [1.82, 2.24) is 4.31 Å². The second kappa shape index (κ2) is 4.93. The van der Waals surface area contributed by atoms with Gasteiger partial charge >= 0.3 is 0 Å². The van der Waals surface area contributed by atoms with E-state index >= 15 is 0 Å². The maximum Gasteiger partial charge on any atom is 0.267 e. The van der Waals surface area contributed by atoms with Crippen molar-refractivity contribution >= 4 is 28.4 Å². The molecule has 0 radical (unpaired) electrons. The van der Waals surface area contributed by atoms with Crippen LogP contribution >= 0.6 is 21.2 Å². The molecule has 0 aromatic rings. The molecule has 1 fully saturated rings. The molecule has 1 heterocycles. The number of halogens is 1. The molecule has 0 unspecified atom stereocenters. The third-order valence-electron chi connectivity index (χ3n) is 2.58. The monoisotopic (exact) mass is 317 g/mol. The van der Waals surface area contributed by atoms with E-state index < -0.39 is 7.19 Å². The second-order valence-electron chi connectivity index (χ2n) is 3.57. The minimum Gasteiger partial charge on any atom is -0.201 e. The van der Waals surface area contributed by atoms with Crippen LogP contribution in [0.4, 0.5) is 0 Å². The van der Waals surface area contributed by atoms with E-state index in [4.69, 9.17) is 0 Å². The Bertz CT molecular complexity index is 245. The van der Waals surface area contributed by atoms with Crippen LogP contribution in [-0.2, 0) is 7.19 Å². The van der Waals surface area contributed by atoms with Gasteiger partial charge in [-0.25, -0.2) is 8.42 Å². The summed E-state index contributed by atoms with van der Waals surface area (Å²) in [4.78, 5) is 0. The Morgan fingerprint density at radius 3 is 2.31 bits per heavy atom. The predicted octanol–water partition coefficient (Wildman–Crippen LogP) is 2.18. The van der Waals surface area contributed by atoms with Gasteiger partial charge in [0.15, 0.2) is 0 Å². The normalized spacial score (nSPS) is 22.0. The van der Waals surface area contributed by atoms with Crippen LogP contribution in [0.1, 0.15) is 32.6 Å². The van der Waals surface area contributed by atoms with E-state index in [1.165, 1.54) is 34.0 Å². The van der Waals surface area contributed by atoms with Crippen molar-refractivity contribution in [2.75, 3.05) is 13.1 Å². The van der Waals surface area contributed by atoms with Crippen LogP contribution in [-0.4, -0.2) is 25.8 Å². The van der Waals surface area contributed by atoms with E-state index in [-0.39, 0.29) is 0 Å². The van der Waals surface area contributed by atoms with Crippen LogP contribution in [0, 0.1) is 5.92 Å². The van der Waals surface area contributed by atoms with Crippen molar-refractivity contribution in [1.29, 1.82) is 0 Å². The van der Waals surface area contributed by atoms with E-state index in [0.29, 0.717) is 0 Å². The van der Waals surface area contributed by atoms with Crippen molar-refractivity contribution in [3.63, 3.8) is 0 Å². The molecule has 0 amide bonds. The van der Waals surface area contributed by atoms with Gasteiger partial charge in [0.2, 0.25) is 0 Å². The van der Waals surface area contributed by atoms with Crippen molar-refractivity contribution in [3.05, 3.63) is 0 Å². The lowest BCUT2D eigenvalue weighted by Gasteiger charge is -2.29. The number of hydrogen-bond acceptors (Lipinski definition) is 2. The summed E-state index contributed by atoms with van der Waals surface area (Å²) in [5.41, 5.74) is 0. The van der Waals surface area contributed by atoms with Crippen molar-refractivity contribution < 1.29 is 8.42 Å². The fourth-order valence-electron chi connectivity index (χ4n) is 1.82. The molecule has 0 aromatic heterocycles. The maximum atomic E-state index is 11.2. The first-order valence-electron chi connectivity index (χ1n) is 4.73. The molecule has 1 saturated heterocycles. The molecule has 1 rings (SSSR count). The first-order valence-corrected chi connectivity index (χ1v) is 8.72. The van der Waals surface area contributed by atoms with Crippen LogP contribution < -0.4 is 0 Å². The smallest absolute Gasteiger partial charge is 0.201 e. The van der Waals surface area contributed by atoms with E-state index in [1.54, 1.807) is 4.31 Å². The largest absolute Gasteiger partial charge is 0.267 e. The SMILES string of the molecule is CCCC1CCN(S(=O)(=O)I)CC1. The summed E-state index contributed by atoms with van der Waals surface area (Å²) in [5.74, 6) is 0.749. The lowest BCUT2D eigenvalue weighted by Crippen LogP contribution is -2.35. The molecule has 13 heavy (non-hydrogen) atoms. The third kappa shape index (κ3) is 3.71. The minimum absolute atomic E-state index is 0.718. The van der Waals surface area contributed by atoms with Crippen molar-refractivity contribution in [3.8, 4) is 0 Å². The molecule has 0 bridgehead atoms. The van der Waals surface area contributed by atoms with E-state index in [9.17, 15) is 8.42 Å². The number of rotatable bonds is 3. The average Bonchev–Trinajstić information content (AvgIpc) is 2.04. The molecule has 1 aliphatic heterocycles. The first kappa shape index (κ1) is 11.7. The van der Waals surface area contributed by atoms with Gasteiger partial charge in [-0.1, -0.05) is 19.8 Å². The van der Waals surface area contributed by atoms with Crippen LogP contribution in [0.2, 0.25) is 0 Å². The molecule has 5 heteroatoms. The lowest BCUT2D eigenvalue weighted by molar-refractivity contribution is 0.266. The Hall–Kier alpha value is 0.640. The summed E-state index contributed by atoms with van der Waals surface area (Å²) >= 11 is 1.52. The third-order valence-corrected chi connectivity index (χ3v) is 5.23. The van der Waals surface area contributed by atoms with E-state index in [2.05, 4.69) is 6.92 Å². The Morgan fingerprint density at radius 2 is 1.92 bits per heavy atom. The zero-order chi connectivity index (χ0) is 9.90. The number of piperidine rings is 1. The quantitative estimate of drug-likeness (QED) is 0.591. The molecule has 3 nitrogen and oxygen atoms in total. The highest BCUT2D eigenvalue weighted by molar-refractivity contribution is 14.2. The topological polar surface area (TPSA) is 37.4 Å². The molecule has 0 atom stereocenters. The van der Waals surface area contributed by atoms with Gasteiger partial charge in [-0.2, -0.15) is 4.31 Å². The Kier molecular flexibility index (Phi) is 4.44. The van der Waals surface area contributed by atoms with Crippen LogP contribution in [0.3, 0.4) is 0 Å². The predicted molar refractivity (Wildman–Crippen MR) is 62.1 cm³/mol. The standard InChI is InChI=1S/C8H16INO2S/c1-2-3-8-4-6-10(7-5-8)13(9,11)12/h8H,2-7H2,1H3. The van der Waals surface area contributed by atoms with Gasteiger partial charge in [-0.15, -0.1) is 0 Å². The highest BCUT2D eigenvalue weighted by Gasteiger charge is 2.25. The molecule has 1 aliphatic rings. The second-order valence-corrected chi connectivity index (χ2v) is 8.25. The van der Waals surface area contributed by atoms with Gasteiger partial charge in [0.05, 0.1) is 21.2 Å². The summed E-state index contributed by atoms with van der Waals surface area (Å²) in [7, 11) is -2.96. The van der Waals surface area contributed by atoms with Crippen LogP contribution in [0.25, 0.3) is 0 Å². The highest BCUT2D eigenvalue weighted by Crippen LogP contribution is 2.25. The highest BCUT2D eigenvalue weighted by atomic mass is 127. The van der Waals surface area contributed by atoms with Crippen molar-refractivity contribution in [2.45, 2.75) is 32.6 Å². The van der Waals surface area contributed by atoms with Gasteiger partial charge in [-0.3, -0.25) is 0 Å². The minimum atomic E-state index is -2.96. The molecular weight excluding hydrogens is 301 g/mol. The number of hydrogen-bond donors (Lipinski definition) is 0. The zero-order valence-electron chi connectivity index (χ0n) is 7.87. The first-order chi connectivity index (χ1) is 6.04. The van der Waals surface area contributed by atoms with Gasteiger partial charge in [0.1, 0.15) is 0 Å². The molecule has 78 valence electrons. The van der Waals surface area contributed by atoms with E-state index in [1.807, 2.05) is 0 Å². The lowest BCUT2D eigenvalue weighted by atomic mass is 9.94. The summed E-state index contributed by atoms with van der Waals surface area (Å²) in [6.45, 7) is 3.62. The van der Waals surface area contributed by atoms with Gasteiger partial charge in [0, 0.05) is 13.1 Å². The average molecular weight is 317 g/mol. The van der Waals surface area contributed by atoms with Gasteiger partial charge in [-0.05, 0) is 18.8 Å². The molecule has 0 saturated carbocycles. The fraction of sp³-hybridized carbons (Fsp3) is 1.00. The molecule has 0 aliphatic carbocycles. The van der Waals surface area contributed by atoms with Crippen LogP contribution in [0.5, 0.6) is 0 Å². The van der Waals surface area contributed by atoms with Gasteiger partial charge < -0.3 is 0 Å². The maximum absolute atomic E-state index is 11.2. The zero-order valence-corrected chi connectivity index (χ0v) is 10.8. The molecule has 0 aromatic carbocycles. The van der Waals surface area contributed by atoms with Gasteiger partial charge in [0.25, 0.3) is 7.19 Å². The molecule has 0 N–H and O–H groups in total. The van der Waals surface area contributed by atoms with Crippen LogP contribution in [0.15, 0.2) is 0 Å². The Morgan fingerprint density at radius 1 is 1.38 bits per heavy atom.